The first-order chi connectivity index (χ1) is 16.6. The fourth-order valence-corrected chi connectivity index (χ4v) is 4.67. The van der Waals surface area contributed by atoms with Gasteiger partial charge in [0, 0.05) is 35.1 Å². The molecule has 4 aromatic rings. The first-order valence-electron chi connectivity index (χ1n) is 12.2. The molecule has 0 saturated heterocycles. The van der Waals surface area contributed by atoms with Gasteiger partial charge in [-0.1, -0.05) is 32.9 Å². The highest BCUT2D eigenvalue weighted by Crippen LogP contribution is 2.28. The molecule has 1 unspecified atom stereocenters. The summed E-state index contributed by atoms with van der Waals surface area (Å²) >= 11 is 0. The van der Waals surface area contributed by atoms with E-state index in [-0.39, 0.29) is 17.0 Å². The fourth-order valence-electron chi connectivity index (χ4n) is 4.67. The molecule has 35 heavy (non-hydrogen) atoms. The van der Waals surface area contributed by atoms with E-state index >= 15 is 0 Å². The van der Waals surface area contributed by atoms with E-state index in [0.717, 1.165) is 24.3 Å². The van der Waals surface area contributed by atoms with E-state index in [2.05, 4.69) is 61.5 Å². The topological polar surface area (TPSA) is 89.7 Å². The Kier molecular flexibility index (Phi) is 5.71. The van der Waals surface area contributed by atoms with Crippen LogP contribution in [-0.4, -0.2) is 30.9 Å². The highest BCUT2D eigenvalue weighted by Gasteiger charge is 2.22. The van der Waals surface area contributed by atoms with Gasteiger partial charge in [0.2, 0.25) is 5.95 Å². The molecular formula is C27H33N7O. The minimum Gasteiger partial charge on any atom is -0.324 e. The molecule has 0 amide bonds. The standard InChI is InChI=1S/C27H33N7O/c1-16(2)33-25(35)21-15-29-26(30-19-11-10-18-12-13-28-17(3)20(18)14-19)32-24(21)34(33)23-9-7-8-22(31-23)27(4,5)6/h7-11,14-17,28H,12-13H2,1-6H3,(H,29,30,32). The number of rotatable bonds is 4. The van der Waals surface area contributed by atoms with Crippen LogP contribution < -0.4 is 16.2 Å². The summed E-state index contributed by atoms with van der Waals surface area (Å²) in [6.07, 6.45) is 2.64. The average Bonchev–Trinajstić information content (AvgIpc) is 3.11. The summed E-state index contributed by atoms with van der Waals surface area (Å²) in [6, 6.07) is 12.5. The number of fused-ring (bicyclic) bond motifs is 2. The van der Waals surface area contributed by atoms with Crippen molar-refractivity contribution in [3.8, 4) is 5.82 Å². The SMILES string of the molecule is CC1NCCc2ccc(Nc3ncc4c(=O)n(C(C)C)n(-c5cccc(C(C)(C)C)n5)c4n3)cc21. The van der Waals surface area contributed by atoms with Crippen molar-refractivity contribution in [2.24, 2.45) is 0 Å². The Bertz CT molecular complexity index is 1460. The summed E-state index contributed by atoms with van der Waals surface area (Å²) < 4.78 is 3.52. The second kappa shape index (κ2) is 8.61. The lowest BCUT2D eigenvalue weighted by Crippen LogP contribution is -2.27. The van der Waals surface area contributed by atoms with Crippen LogP contribution in [0.2, 0.25) is 0 Å². The van der Waals surface area contributed by atoms with Crippen LogP contribution in [0.4, 0.5) is 11.6 Å². The maximum atomic E-state index is 13.3. The van der Waals surface area contributed by atoms with Crippen LogP contribution in [-0.2, 0) is 11.8 Å². The summed E-state index contributed by atoms with van der Waals surface area (Å²) in [4.78, 5) is 27.5. The number of benzene rings is 1. The van der Waals surface area contributed by atoms with Gasteiger partial charge >= 0.3 is 0 Å². The van der Waals surface area contributed by atoms with Gasteiger partial charge in [0.05, 0.1) is 0 Å². The summed E-state index contributed by atoms with van der Waals surface area (Å²) in [5, 5.41) is 7.32. The van der Waals surface area contributed by atoms with E-state index in [1.807, 2.05) is 36.7 Å². The van der Waals surface area contributed by atoms with Crippen molar-refractivity contribution in [1.82, 2.24) is 29.6 Å². The monoisotopic (exact) mass is 471 g/mol. The lowest BCUT2D eigenvalue weighted by atomic mass is 9.92. The summed E-state index contributed by atoms with van der Waals surface area (Å²) in [5.74, 6) is 1.10. The largest absolute Gasteiger partial charge is 0.324 e. The van der Waals surface area contributed by atoms with Crippen molar-refractivity contribution in [3.63, 3.8) is 0 Å². The average molecular weight is 472 g/mol. The first kappa shape index (κ1) is 23.2. The van der Waals surface area contributed by atoms with Gasteiger partial charge in [0.1, 0.15) is 5.39 Å². The molecule has 0 saturated carbocycles. The molecule has 0 bridgehead atoms. The van der Waals surface area contributed by atoms with Gasteiger partial charge in [-0.2, -0.15) is 4.98 Å². The fraction of sp³-hybridized carbons (Fsp3) is 0.407. The third-order valence-corrected chi connectivity index (χ3v) is 6.55. The summed E-state index contributed by atoms with van der Waals surface area (Å²) in [6.45, 7) is 13.5. The molecule has 0 aliphatic carbocycles. The van der Waals surface area contributed by atoms with Crippen LogP contribution in [0.25, 0.3) is 16.9 Å². The lowest BCUT2D eigenvalue weighted by molar-refractivity contribution is 0.469. The molecule has 5 rings (SSSR count). The molecule has 8 heteroatoms. The van der Waals surface area contributed by atoms with E-state index < -0.39 is 0 Å². The smallest absolute Gasteiger partial charge is 0.278 e. The van der Waals surface area contributed by atoms with Gasteiger partial charge in [-0.3, -0.25) is 4.79 Å². The Labute approximate surface area is 205 Å². The highest BCUT2D eigenvalue weighted by atomic mass is 16.1. The highest BCUT2D eigenvalue weighted by molar-refractivity contribution is 5.77. The van der Waals surface area contributed by atoms with Crippen LogP contribution in [0.5, 0.6) is 0 Å². The van der Waals surface area contributed by atoms with E-state index in [9.17, 15) is 4.79 Å². The Morgan fingerprint density at radius 3 is 2.69 bits per heavy atom. The summed E-state index contributed by atoms with van der Waals surface area (Å²) in [7, 11) is 0. The first-order valence-corrected chi connectivity index (χ1v) is 12.2. The van der Waals surface area contributed by atoms with Crippen molar-refractivity contribution in [3.05, 3.63) is 69.8 Å². The van der Waals surface area contributed by atoms with Crippen LogP contribution in [0.15, 0.2) is 47.4 Å². The van der Waals surface area contributed by atoms with Gasteiger partial charge in [-0.25, -0.2) is 19.3 Å². The molecule has 1 aliphatic heterocycles. The van der Waals surface area contributed by atoms with E-state index in [1.165, 1.54) is 11.1 Å². The Morgan fingerprint density at radius 2 is 1.94 bits per heavy atom. The zero-order valence-corrected chi connectivity index (χ0v) is 21.3. The predicted octanol–water partition coefficient (Wildman–Crippen LogP) is 4.81. The molecule has 8 nitrogen and oxygen atoms in total. The number of nitrogens with one attached hydrogen (secondary N) is 2. The third kappa shape index (κ3) is 4.23. The van der Waals surface area contributed by atoms with Crippen molar-refractivity contribution >= 4 is 22.7 Å². The van der Waals surface area contributed by atoms with E-state index in [0.29, 0.717) is 28.8 Å². The Hall–Kier alpha value is -3.52. The molecule has 1 atom stereocenters. The number of nitrogens with zero attached hydrogens (tertiary/aromatic N) is 5. The maximum Gasteiger partial charge on any atom is 0.278 e. The summed E-state index contributed by atoms with van der Waals surface area (Å²) in [5.41, 5.74) is 4.81. The second-order valence-corrected chi connectivity index (χ2v) is 10.6. The molecule has 0 fully saturated rings. The van der Waals surface area contributed by atoms with Crippen LogP contribution in [0.1, 0.15) is 70.4 Å². The molecule has 182 valence electrons. The van der Waals surface area contributed by atoms with Gasteiger partial charge in [-0.05, 0) is 69.1 Å². The molecule has 0 spiro atoms. The Balaban J connectivity index is 1.63. The van der Waals surface area contributed by atoms with Crippen molar-refractivity contribution in [1.29, 1.82) is 0 Å². The lowest BCUT2D eigenvalue weighted by Gasteiger charge is -2.24. The van der Waals surface area contributed by atoms with Crippen molar-refractivity contribution in [2.75, 3.05) is 11.9 Å². The number of anilines is 2. The second-order valence-electron chi connectivity index (χ2n) is 10.6. The van der Waals surface area contributed by atoms with E-state index in [4.69, 9.17) is 9.97 Å². The third-order valence-electron chi connectivity index (χ3n) is 6.55. The number of hydrogen-bond donors (Lipinski definition) is 2. The van der Waals surface area contributed by atoms with Gasteiger partial charge in [0.25, 0.3) is 5.56 Å². The molecule has 2 N–H and O–H groups in total. The van der Waals surface area contributed by atoms with E-state index in [1.54, 1.807) is 10.9 Å². The predicted molar refractivity (Wildman–Crippen MR) is 140 cm³/mol. The molecular weight excluding hydrogens is 438 g/mol. The minimum absolute atomic E-state index is 0.0807. The molecule has 1 aromatic carbocycles. The molecule has 1 aliphatic rings. The van der Waals surface area contributed by atoms with Crippen molar-refractivity contribution < 1.29 is 0 Å². The normalized spacial score (nSPS) is 16.0. The van der Waals surface area contributed by atoms with Gasteiger partial charge < -0.3 is 10.6 Å². The number of aromatic nitrogens is 5. The number of hydrogen-bond acceptors (Lipinski definition) is 6. The molecule has 4 heterocycles. The van der Waals surface area contributed by atoms with Crippen molar-refractivity contribution in [2.45, 2.75) is 65.5 Å². The zero-order valence-electron chi connectivity index (χ0n) is 21.3. The Morgan fingerprint density at radius 1 is 1.14 bits per heavy atom. The molecule has 0 radical (unpaired) electrons. The quantitative estimate of drug-likeness (QED) is 0.444. The van der Waals surface area contributed by atoms with Crippen LogP contribution in [0.3, 0.4) is 0 Å². The van der Waals surface area contributed by atoms with Crippen LogP contribution in [0, 0.1) is 0 Å². The van der Waals surface area contributed by atoms with Gasteiger partial charge in [-0.15, -0.1) is 0 Å². The maximum absolute atomic E-state index is 13.3. The number of pyridine rings is 1. The zero-order chi connectivity index (χ0) is 24.9. The molecule has 3 aromatic heterocycles. The van der Waals surface area contributed by atoms with Gasteiger partial charge in [0.15, 0.2) is 11.5 Å². The van der Waals surface area contributed by atoms with Crippen LogP contribution >= 0.6 is 0 Å². The minimum atomic E-state index is -0.127.